The Morgan fingerprint density at radius 3 is 1.06 bits per heavy atom. The molecule has 10 nitrogen and oxygen atoms in total. The van der Waals surface area contributed by atoms with Crippen molar-refractivity contribution in [2.45, 2.75) is 25.4 Å². The maximum absolute atomic E-state index is 12.2. The average molecular weight is 532 g/mol. The number of guanidine groups is 2. The molecule has 0 aromatic heterocycles. The molecular formula is C18H22F6N6O4S. The van der Waals surface area contributed by atoms with Gasteiger partial charge in [-0.15, -0.1) is 0 Å². The number of nitrogens with two attached hydrogens (primary N) is 4. The van der Waals surface area contributed by atoms with Crippen molar-refractivity contribution < 1.29 is 43.9 Å². The molecule has 0 spiro atoms. The van der Waals surface area contributed by atoms with Gasteiger partial charge in [0.15, 0.2) is 11.9 Å². The molecule has 0 amide bonds. The van der Waals surface area contributed by atoms with Gasteiger partial charge in [-0.05, 0) is 35.4 Å². The Morgan fingerprint density at radius 2 is 0.886 bits per heavy atom. The third-order valence-corrected chi connectivity index (χ3v) is 3.45. The SMILES string of the molecule is NC(N)=NCc1ccc(C(F)(F)F)cc1.NC(N)=NCc1ccc(C(F)(F)F)cc1.O=S(=O)(O)O. The van der Waals surface area contributed by atoms with E-state index in [4.69, 9.17) is 40.5 Å². The molecule has 10 N–H and O–H groups in total. The second-order valence-corrected chi connectivity index (χ2v) is 7.22. The van der Waals surface area contributed by atoms with Gasteiger partial charge in [-0.2, -0.15) is 34.8 Å². The Kier molecular flexibility index (Phi) is 12.0. The number of nitrogens with zero attached hydrogens (tertiary/aromatic N) is 2. The maximum Gasteiger partial charge on any atom is 0.416 e. The molecule has 17 heteroatoms. The Bertz CT molecular complexity index is 997. The summed E-state index contributed by atoms with van der Waals surface area (Å²) >= 11 is 0. The van der Waals surface area contributed by atoms with E-state index in [0.717, 1.165) is 24.3 Å². The topological polar surface area (TPSA) is 203 Å². The minimum atomic E-state index is -4.67. The fraction of sp³-hybridized carbons (Fsp3) is 0.222. The van der Waals surface area contributed by atoms with E-state index in [1.54, 1.807) is 0 Å². The molecule has 0 atom stereocenters. The Labute approximate surface area is 195 Å². The lowest BCUT2D eigenvalue weighted by Crippen LogP contribution is -2.22. The molecule has 0 aliphatic carbocycles. The van der Waals surface area contributed by atoms with Crippen LogP contribution in [0.4, 0.5) is 26.3 Å². The molecule has 0 saturated carbocycles. The quantitative estimate of drug-likeness (QED) is 0.149. The molecule has 0 radical (unpaired) electrons. The third kappa shape index (κ3) is 16.7. The minimum absolute atomic E-state index is 0.0881. The zero-order chi connectivity index (χ0) is 27.4. The van der Waals surface area contributed by atoms with E-state index in [2.05, 4.69) is 9.98 Å². The average Bonchev–Trinajstić information content (AvgIpc) is 2.69. The van der Waals surface area contributed by atoms with Gasteiger partial charge in [0.2, 0.25) is 0 Å². The van der Waals surface area contributed by atoms with Gasteiger partial charge in [-0.3, -0.25) is 9.11 Å². The minimum Gasteiger partial charge on any atom is -0.370 e. The third-order valence-electron chi connectivity index (χ3n) is 3.45. The van der Waals surface area contributed by atoms with Crippen LogP contribution in [-0.2, 0) is 35.8 Å². The van der Waals surface area contributed by atoms with Gasteiger partial charge in [-0.1, -0.05) is 24.3 Å². The summed E-state index contributed by atoms with van der Waals surface area (Å²) in [6, 6.07) is 9.36. The highest BCUT2D eigenvalue weighted by Crippen LogP contribution is 2.29. The predicted octanol–water partition coefficient (Wildman–Crippen LogP) is 2.30. The summed E-state index contributed by atoms with van der Waals surface area (Å²) in [5, 5.41) is 0. The molecule has 196 valence electrons. The second kappa shape index (κ2) is 13.4. The molecule has 2 aromatic carbocycles. The lowest BCUT2D eigenvalue weighted by molar-refractivity contribution is -0.138. The van der Waals surface area contributed by atoms with Crippen LogP contribution in [0.1, 0.15) is 22.3 Å². The van der Waals surface area contributed by atoms with E-state index >= 15 is 0 Å². The molecular weight excluding hydrogens is 510 g/mol. The van der Waals surface area contributed by atoms with Crippen LogP contribution in [0.3, 0.4) is 0 Å². The van der Waals surface area contributed by atoms with Gasteiger partial charge in [0, 0.05) is 0 Å². The monoisotopic (exact) mass is 532 g/mol. The Morgan fingerprint density at radius 1 is 0.657 bits per heavy atom. The number of hydrogen-bond donors (Lipinski definition) is 6. The molecule has 0 fully saturated rings. The molecule has 35 heavy (non-hydrogen) atoms. The van der Waals surface area contributed by atoms with Crippen molar-refractivity contribution in [3.63, 3.8) is 0 Å². The fourth-order valence-corrected chi connectivity index (χ4v) is 1.96. The van der Waals surface area contributed by atoms with Crippen LogP contribution in [0.15, 0.2) is 58.5 Å². The van der Waals surface area contributed by atoms with Crippen LogP contribution in [0, 0.1) is 0 Å². The first-order valence-electron chi connectivity index (χ1n) is 8.92. The van der Waals surface area contributed by atoms with Crippen LogP contribution < -0.4 is 22.9 Å². The van der Waals surface area contributed by atoms with Crippen molar-refractivity contribution in [1.82, 2.24) is 0 Å². The first kappa shape index (κ1) is 31.4. The van der Waals surface area contributed by atoms with E-state index in [-0.39, 0.29) is 25.0 Å². The van der Waals surface area contributed by atoms with E-state index in [1.165, 1.54) is 24.3 Å². The Balaban J connectivity index is 0.000000555. The molecule has 0 bridgehead atoms. The van der Waals surface area contributed by atoms with E-state index in [9.17, 15) is 26.3 Å². The highest BCUT2D eigenvalue weighted by atomic mass is 32.3. The normalized spacial score (nSPS) is 11.2. The first-order valence-corrected chi connectivity index (χ1v) is 10.3. The van der Waals surface area contributed by atoms with Crippen LogP contribution >= 0.6 is 0 Å². The van der Waals surface area contributed by atoms with Crippen molar-refractivity contribution >= 4 is 22.3 Å². The summed E-state index contributed by atoms with van der Waals surface area (Å²) in [5.41, 5.74) is 20.2. The maximum atomic E-state index is 12.2. The summed E-state index contributed by atoms with van der Waals surface area (Å²) < 4.78 is 105. The van der Waals surface area contributed by atoms with Crippen LogP contribution in [0.2, 0.25) is 0 Å². The largest absolute Gasteiger partial charge is 0.416 e. The molecule has 0 unspecified atom stereocenters. The Hall–Kier alpha value is -3.57. The highest BCUT2D eigenvalue weighted by molar-refractivity contribution is 7.79. The number of benzene rings is 2. The summed E-state index contributed by atoms with van der Waals surface area (Å²) in [6.07, 6.45) is -8.62. The van der Waals surface area contributed by atoms with Crippen LogP contribution in [-0.4, -0.2) is 29.4 Å². The first-order chi connectivity index (χ1) is 15.8. The smallest absolute Gasteiger partial charge is 0.370 e. The van der Waals surface area contributed by atoms with E-state index in [0.29, 0.717) is 11.1 Å². The number of rotatable bonds is 4. The molecule has 2 rings (SSSR count). The summed E-state index contributed by atoms with van der Waals surface area (Å²) in [6.45, 7) is 0.362. The highest BCUT2D eigenvalue weighted by Gasteiger charge is 2.30. The van der Waals surface area contributed by atoms with Crippen molar-refractivity contribution in [1.29, 1.82) is 0 Å². The van der Waals surface area contributed by atoms with Gasteiger partial charge in [0.1, 0.15) is 0 Å². The van der Waals surface area contributed by atoms with Gasteiger partial charge in [0.25, 0.3) is 0 Å². The molecule has 0 aliphatic rings. The van der Waals surface area contributed by atoms with Crippen LogP contribution in [0.25, 0.3) is 0 Å². The number of halogens is 6. The zero-order valence-electron chi connectivity index (χ0n) is 17.6. The molecule has 0 heterocycles. The number of alkyl halides is 6. The van der Waals surface area contributed by atoms with E-state index in [1.807, 2.05) is 0 Å². The standard InChI is InChI=1S/2C9H10F3N3.H2O4S/c2*10-9(11,12)7-3-1-6(2-4-7)5-15-8(13)14;1-5(2,3)4/h2*1-4H,5H2,(H4,13,14,15);(H2,1,2,3,4). The summed E-state index contributed by atoms with van der Waals surface area (Å²) in [4.78, 5) is 7.36. The van der Waals surface area contributed by atoms with Crippen molar-refractivity contribution in [3.05, 3.63) is 70.8 Å². The fourth-order valence-electron chi connectivity index (χ4n) is 1.96. The molecule has 0 aliphatic heterocycles. The second-order valence-electron chi connectivity index (χ2n) is 6.32. The number of hydrogen-bond acceptors (Lipinski definition) is 4. The summed E-state index contributed by atoms with van der Waals surface area (Å²) in [5.74, 6) is -0.176. The lowest BCUT2D eigenvalue weighted by Gasteiger charge is -2.06. The van der Waals surface area contributed by atoms with Gasteiger partial charge < -0.3 is 22.9 Å². The van der Waals surface area contributed by atoms with Crippen molar-refractivity contribution in [2.24, 2.45) is 32.9 Å². The summed E-state index contributed by atoms with van der Waals surface area (Å²) in [7, 11) is -4.67. The van der Waals surface area contributed by atoms with Crippen molar-refractivity contribution in [2.75, 3.05) is 0 Å². The molecule has 0 saturated heterocycles. The zero-order valence-corrected chi connectivity index (χ0v) is 18.4. The molecule has 2 aromatic rings. The lowest BCUT2D eigenvalue weighted by atomic mass is 10.1. The van der Waals surface area contributed by atoms with Crippen molar-refractivity contribution in [3.8, 4) is 0 Å². The predicted molar refractivity (Wildman–Crippen MR) is 116 cm³/mol. The van der Waals surface area contributed by atoms with Gasteiger partial charge in [-0.25, -0.2) is 9.98 Å². The van der Waals surface area contributed by atoms with Gasteiger partial charge >= 0.3 is 22.8 Å². The van der Waals surface area contributed by atoms with Gasteiger partial charge in [0.05, 0.1) is 24.2 Å². The van der Waals surface area contributed by atoms with Crippen LogP contribution in [0.5, 0.6) is 0 Å². The van der Waals surface area contributed by atoms with E-state index < -0.39 is 33.9 Å². The number of aliphatic imine (C=N–C) groups is 2.